The smallest absolute Gasteiger partial charge is 0.317 e. The highest BCUT2D eigenvalue weighted by molar-refractivity contribution is 5.86. The summed E-state index contributed by atoms with van der Waals surface area (Å²) in [4.78, 5) is 27.5. The normalized spacial score (nSPS) is 18.9. The van der Waals surface area contributed by atoms with Gasteiger partial charge in [0.25, 0.3) is 0 Å². The summed E-state index contributed by atoms with van der Waals surface area (Å²) in [5.74, 6) is -0.00935. The van der Waals surface area contributed by atoms with Crippen LogP contribution in [0.5, 0.6) is 0 Å². The van der Waals surface area contributed by atoms with Crippen LogP contribution in [-0.2, 0) is 4.79 Å². The fourth-order valence-electron chi connectivity index (χ4n) is 2.36. The van der Waals surface area contributed by atoms with Gasteiger partial charge >= 0.3 is 6.03 Å². The number of hydrogen-bond acceptors (Lipinski definition) is 3. The van der Waals surface area contributed by atoms with Crippen LogP contribution in [0.4, 0.5) is 4.79 Å². The van der Waals surface area contributed by atoms with Crippen LogP contribution in [-0.4, -0.2) is 60.0 Å². The van der Waals surface area contributed by atoms with Gasteiger partial charge in [-0.3, -0.25) is 4.79 Å². The Bertz CT molecular complexity index is 323. The first-order valence-electron chi connectivity index (χ1n) is 7.03. The number of carbonyl (C=O) groups excluding carboxylic acids is 2. The Morgan fingerprint density at radius 3 is 2.16 bits per heavy atom. The largest absolute Gasteiger partial charge is 0.338 e. The van der Waals surface area contributed by atoms with E-state index in [1.807, 2.05) is 13.8 Å². The zero-order chi connectivity index (χ0) is 14.5. The second kappa shape index (κ2) is 6.75. The van der Waals surface area contributed by atoms with Gasteiger partial charge in [-0.2, -0.15) is 0 Å². The Morgan fingerprint density at radius 2 is 1.68 bits per heavy atom. The first kappa shape index (κ1) is 15.8. The molecule has 1 heterocycles. The number of hydrogen-bond donors (Lipinski definition) is 2. The molecule has 0 aromatic rings. The number of urea groups is 1. The van der Waals surface area contributed by atoms with E-state index in [2.05, 4.69) is 5.32 Å². The molecule has 1 saturated heterocycles. The molecule has 1 aliphatic rings. The molecule has 0 saturated carbocycles. The fraction of sp³-hybridized carbons (Fsp3) is 0.846. The molecule has 1 rings (SSSR count). The quantitative estimate of drug-likeness (QED) is 0.775. The molecule has 1 aliphatic heterocycles. The molecule has 3 N–H and O–H groups in total. The van der Waals surface area contributed by atoms with Crippen molar-refractivity contribution in [1.82, 2.24) is 15.1 Å². The third-order valence-electron chi connectivity index (χ3n) is 3.44. The van der Waals surface area contributed by atoms with E-state index in [0.29, 0.717) is 39.1 Å². The van der Waals surface area contributed by atoms with Crippen LogP contribution in [0.3, 0.4) is 0 Å². The van der Waals surface area contributed by atoms with E-state index in [1.54, 1.807) is 16.7 Å². The highest BCUT2D eigenvalue weighted by Gasteiger charge is 2.33. The van der Waals surface area contributed by atoms with Gasteiger partial charge < -0.3 is 20.9 Å². The maximum atomic E-state index is 12.3. The average molecular weight is 270 g/mol. The third kappa shape index (κ3) is 4.09. The minimum atomic E-state index is -0.789. The summed E-state index contributed by atoms with van der Waals surface area (Å²) >= 11 is 0. The molecule has 6 nitrogen and oxygen atoms in total. The van der Waals surface area contributed by atoms with Gasteiger partial charge in [-0.25, -0.2) is 4.79 Å². The molecular formula is C13H26N4O2. The van der Waals surface area contributed by atoms with E-state index in [1.165, 1.54) is 0 Å². The number of rotatable bonds is 4. The van der Waals surface area contributed by atoms with Crippen molar-refractivity contribution in [2.45, 2.75) is 39.2 Å². The van der Waals surface area contributed by atoms with Gasteiger partial charge in [0.1, 0.15) is 0 Å². The molecule has 1 unspecified atom stereocenters. The Labute approximate surface area is 115 Å². The molecular weight excluding hydrogens is 244 g/mol. The lowest BCUT2D eigenvalue weighted by Gasteiger charge is -2.38. The second-order valence-corrected chi connectivity index (χ2v) is 5.28. The van der Waals surface area contributed by atoms with Crippen molar-refractivity contribution in [1.29, 1.82) is 0 Å². The lowest BCUT2D eigenvalue weighted by atomic mass is 9.95. The molecule has 0 bridgehead atoms. The zero-order valence-corrected chi connectivity index (χ0v) is 12.2. The van der Waals surface area contributed by atoms with Gasteiger partial charge in [0.15, 0.2) is 0 Å². The predicted octanol–water partition coefficient (Wildman–Crippen LogP) is 0.378. The Balaban J connectivity index is 2.49. The van der Waals surface area contributed by atoms with Crippen molar-refractivity contribution >= 4 is 11.9 Å². The maximum Gasteiger partial charge on any atom is 0.317 e. The molecule has 3 amide bonds. The van der Waals surface area contributed by atoms with E-state index in [4.69, 9.17) is 5.73 Å². The van der Waals surface area contributed by atoms with Gasteiger partial charge in [-0.05, 0) is 20.3 Å². The van der Waals surface area contributed by atoms with Gasteiger partial charge in [0.05, 0.1) is 5.54 Å². The second-order valence-electron chi connectivity index (χ2n) is 5.28. The van der Waals surface area contributed by atoms with E-state index in [0.717, 1.165) is 6.42 Å². The zero-order valence-electron chi connectivity index (χ0n) is 12.2. The summed E-state index contributed by atoms with van der Waals surface area (Å²) < 4.78 is 0. The van der Waals surface area contributed by atoms with Crippen LogP contribution in [0.25, 0.3) is 0 Å². The van der Waals surface area contributed by atoms with Crippen molar-refractivity contribution in [3.8, 4) is 0 Å². The van der Waals surface area contributed by atoms with Crippen LogP contribution >= 0.6 is 0 Å². The molecule has 110 valence electrons. The minimum absolute atomic E-state index is 0.00935. The van der Waals surface area contributed by atoms with Gasteiger partial charge in [0.2, 0.25) is 5.91 Å². The highest BCUT2D eigenvalue weighted by Crippen LogP contribution is 2.14. The predicted molar refractivity (Wildman–Crippen MR) is 74.7 cm³/mol. The van der Waals surface area contributed by atoms with Crippen molar-refractivity contribution in [2.24, 2.45) is 5.73 Å². The van der Waals surface area contributed by atoms with Crippen molar-refractivity contribution in [3.63, 3.8) is 0 Å². The minimum Gasteiger partial charge on any atom is -0.338 e. The monoisotopic (exact) mass is 270 g/mol. The highest BCUT2D eigenvalue weighted by atomic mass is 16.2. The molecule has 0 aromatic carbocycles. The van der Waals surface area contributed by atoms with Crippen molar-refractivity contribution < 1.29 is 9.59 Å². The Kier molecular flexibility index (Phi) is 5.60. The molecule has 1 atom stereocenters. The Morgan fingerprint density at radius 1 is 1.16 bits per heavy atom. The average Bonchev–Trinajstić information content (AvgIpc) is 2.38. The maximum absolute atomic E-state index is 12.3. The van der Waals surface area contributed by atoms with Crippen LogP contribution in [0.1, 0.15) is 33.6 Å². The van der Waals surface area contributed by atoms with Crippen LogP contribution in [0.15, 0.2) is 0 Å². The number of nitrogens with one attached hydrogen (secondary N) is 1. The summed E-state index contributed by atoms with van der Waals surface area (Å²) in [6.45, 7) is 8.58. The number of carbonyl (C=O) groups is 2. The van der Waals surface area contributed by atoms with E-state index in [-0.39, 0.29) is 11.9 Å². The molecule has 6 heteroatoms. The van der Waals surface area contributed by atoms with Crippen molar-refractivity contribution in [3.05, 3.63) is 0 Å². The van der Waals surface area contributed by atoms with E-state index >= 15 is 0 Å². The number of piperazine rings is 1. The summed E-state index contributed by atoms with van der Waals surface area (Å²) in [6, 6.07) is -0.0568. The summed E-state index contributed by atoms with van der Waals surface area (Å²) in [5.41, 5.74) is 5.27. The van der Waals surface area contributed by atoms with Crippen LogP contribution in [0, 0.1) is 0 Å². The molecule has 0 aromatic heterocycles. The third-order valence-corrected chi connectivity index (χ3v) is 3.44. The summed E-state index contributed by atoms with van der Waals surface area (Å²) in [6.07, 6.45) is 1.57. The standard InChI is InChI=1S/C13H26N4O2/c1-4-6-13(3,14)11(18)16-7-9-17(10-8-16)12(19)15-5-2/h4-10,14H2,1-3H3,(H,15,19). The number of nitrogens with zero attached hydrogens (tertiary/aromatic N) is 2. The first-order chi connectivity index (χ1) is 8.92. The Hall–Kier alpha value is -1.30. The van der Waals surface area contributed by atoms with Crippen molar-refractivity contribution in [2.75, 3.05) is 32.7 Å². The molecule has 19 heavy (non-hydrogen) atoms. The van der Waals surface area contributed by atoms with E-state index < -0.39 is 5.54 Å². The van der Waals surface area contributed by atoms with Crippen LogP contribution < -0.4 is 11.1 Å². The summed E-state index contributed by atoms with van der Waals surface area (Å²) in [5, 5.41) is 2.77. The molecule has 0 spiro atoms. The van der Waals surface area contributed by atoms with E-state index in [9.17, 15) is 9.59 Å². The van der Waals surface area contributed by atoms with Gasteiger partial charge in [-0.1, -0.05) is 13.3 Å². The number of nitrogens with two attached hydrogens (primary N) is 1. The van der Waals surface area contributed by atoms with Gasteiger partial charge in [-0.15, -0.1) is 0 Å². The lowest BCUT2D eigenvalue weighted by molar-refractivity contribution is -0.138. The van der Waals surface area contributed by atoms with Crippen LogP contribution in [0.2, 0.25) is 0 Å². The SMILES string of the molecule is CCCC(C)(N)C(=O)N1CCN(C(=O)NCC)CC1. The molecule has 0 radical (unpaired) electrons. The fourth-order valence-corrected chi connectivity index (χ4v) is 2.36. The number of amides is 3. The molecule has 0 aliphatic carbocycles. The topological polar surface area (TPSA) is 78.7 Å². The van der Waals surface area contributed by atoms with Gasteiger partial charge in [0, 0.05) is 32.7 Å². The summed E-state index contributed by atoms with van der Waals surface area (Å²) in [7, 11) is 0. The lowest BCUT2D eigenvalue weighted by Crippen LogP contribution is -2.59. The first-order valence-corrected chi connectivity index (χ1v) is 7.03. The molecule has 1 fully saturated rings.